The topological polar surface area (TPSA) is 83.5 Å². The van der Waals surface area contributed by atoms with E-state index in [-0.39, 0.29) is 16.5 Å². The third kappa shape index (κ3) is 3.37. The Morgan fingerprint density at radius 2 is 1.90 bits per heavy atom. The van der Waals surface area contributed by atoms with Crippen LogP contribution in [-0.2, 0) is 10.0 Å². The zero-order valence-electron chi connectivity index (χ0n) is 11.4. The van der Waals surface area contributed by atoms with Gasteiger partial charge in [-0.2, -0.15) is 0 Å². The number of nitrogens with one attached hydrogen (secondary N) is 1. The van der Waals surface area contributed by atoms with Crippen LogP contribution in [0, 0.1) is 6.92 Å². The minimum absolute atomic E-state index is 0.0195. The summed E-state index contributed by atoms with van der Waals surface area (Å²) < 4.78 is 27.2. The molecule has 0 atom stereocenters. The highest BCUT2D eigenvalue weighted by Crippen LogP contribution is 2.21. The van der Waals surface area contributed by atoms with Gasteiger partial charge >= 0.3 is 5.97 Å². The van der Waals surface area contributed by atoms with Gasteiger partial charge in [0.2, 0.25) is 10.0 Å². The number of carboxylic acids is 1. The highest BCUT2D eigenvalue weighted by atomic mass is 32.2. The summed E-state index contributed by atoms with van der Waals surface area (Å²) in [7, 11) is -3.65. The lowest BCUT2D eigenvalue weighted by Crippen LogP contribution is -2.36. The van der Waals surface area contributed by atoms with Gasteiger partial charge in [0, 0.05) is 6.04 Å². The number of benzene rings is 1. The second-order valence-corrected chi connectivity index (χ2v) is 6.95. The molecule has 1 saturated carbocycles. The average molecular weight is 297 g/mol. The molecule has 0 bridgehead atoms. The highest BCUT2D eigenvalue weighted by Gasteiger charge is 2.23. The number of aryl methyl sites for hydroxylation is 1. The molecule has 6 heteroatoms. The fourth-order valence-electron chi connectivity index (χ4n) is 2.51. The number of sulfonamides is 1. The molecule has 0 heterocycles. The minimum Gasteiger partial charge on any atom is -0.478 e. The van der Waals surface area contributed by atoms with E-state index in [0.717, 1.165) is 32.1 Å². The van der Waals surface area contributed by atoms with Crippen LogP contribution < -0.4 is 4.72 Å². The fourth-order valence-corrected chi connectivity index (χ4v) is 3.84. The van der Waals surface area contributed by atoms with Crippen molar-refractivity contribution in [1.82, 2.24) is 4.72 Å². The number of hydrogen-bond acceptors (Lipinski definition) is 3. The Morgan fingerprint density at radius 1 is 1.25 bits per heavy atom. The highest BCUT2D eigenvalue weighted by molar-refractivity contribution is 7.89. The molecule has 0 saturated heterocycles. The lowest BCUT2D eigenvalue weighted by molar-refractivity contribution is 0.0696. The fraction of sp³-hybridized carbons (Fsp3) is 0.500. The van der Waals surface area contributed by atoms with Crippen molar-refractivity contribution in [3.05, 3.63) is 29.3 Å². The third-order valence-corrected chi connectivity index (χ3v) is 5.19. The summed E-state index contributed by atoms with van der Waals surface area (Å²) in [6.07, 6.45) is 4.89. The van der Waals surface area contributed by atoms with Crippen molar-refractivity contribution in [3.63, 3.8) is 0 Å². The van der Waals surface area contributed by atoms with E-state index in [4.69, 9.17) is 5.11 Å². The molecular weight excluding hydrogens is 278 g/mol. The Balaban J connectivity index is 2.24. The Bertz CT molecular complexity index is 604. The summed E-state index contributed by atoms with van der Waals surface area (Å²) in [5.41, 5.74) is 0.575. The van der Waals surface area contributed by atoms with Gasteiger partial charge in [0.15, 0.2) is 0 Å². The maximum Gasteiger partial charge on any atom is 0.335 e. The summed E-state index contributed by atoms with van der Waals surface area (Å²) in [5.74, 6) is -1.11. The third-order valence-electron chi connectivity index (χ3n) is 3.68. The van der Waals surface area contributed by atoms with Crippen LogP contribution in [0.3, 0.4) is 0 Å². The molecule has 0 unspecified atom stereocenters. The normalized spacial score (nSPS) is 17.1. The SMILES string of the molecule is Cc1ccc(S(=O)(=O)NC2CCCCC2)cc1C(=O)O. The van der Waals surface area contributed by atoms with E-state index in [9.17, 15) is 13.2 Å². The van der Waals surface area contributed by atoms with Gasteiger partial charge in [-0.05, 0) is 37.5 Å². The molecule has 1 fully saturated rings. The van der Waals surface area contributed by atoms with E-state index in [1.807, 2.05) is 0 Å². The molecule has 0 amide bonds. The van der Waals surface area contributed by atoms with Crippen LogP contribution in [0.1, 0.15) is 48.0 Å². The summed E-state index contributed by atoms with van der Waals surface area (Å²) in [4.78, 5) is 11.1. The number of carboxylic acid groups (broad SMARTS) is 1. The predicted molar refractivity (Wildman–Crippen MR) is 75.3 cm³/mol. The second-order valence-electron chi connectivity index (χ2n) is 5.24. The first-order valence-corrected chi connectivity index (χ1v) is 8.25. The van der Waals surface area contributed by atoms with E-state index in [2.05, 4.69) is 4.72 Å². The van der Waals surface area contributed by atoms with Gasteiger partial charge in [0.25, 0.3) is 0 Å². The molecule has 2 rings (SSSR count). The second kappa shape index (κ2) is 5.93. The van der Waals surface area contributed by atoms with Crippen molar-refractivity contribution < 1.29 is 18.3 Å². The molecular formula is C14H19NO4S. The number of rotatable bonds is 4. The standard InChI is InChI=1S/C14H19NO4S/c1-10-7-8-12(9-13(10)14(16)17)20(18,19)15-11-5-3-2-4-6-11/h7-9,11,15H,2-6H2,1H3,(H,16,17). The smallest absolute Gasteiger partial charge is 0.335 e. The Morgan fingerprint density at radius 3 is 2.50 bits per heavy atom. The number of aromatic carboxylic acids is 1. The lowest BCUT2D eigenvalue weighted by Gasteiger charge is -2.22. The van der Waals surface area contributed by atoms with E-state index in [0.29, 0.717) is 5.56 Å². The van der Waals surface area contributed by atoms with Crippen LogP contribution in [0.2, 0.25) is 0 Å². The first-order valence-electron chi connectivity index (χ1n) is 6.76. The van der Waals surface area contributed by atoms with Crippen LogP contribution in [0.15, 0.2) is 23.1 Å². The van der Waals surface area contributed by atoms with Crippen LogP contribution in [0.4, 0.5) is 0 Å². The molecule has 0 aliphatic heterocycles. The van der Waals surface area contributed by atoms with Crippen LogP contribution in [0.25, 0.3) is 0 Å². The van der Waals surface area contributed by atoms with Crippen molar-refractivity contribution in [2.75, 3.05) is 0 Å². The first-order chi connectivity index (χ1) is 9.40. The molecule has 2 N–H and O–H groups in total. The van der Waals surface area contributed by atoms with Gasteiger partial charge in [-0.25, -0.2) is 17.9 Å². The van der Waals surface area contributed by atoms with E-state index >= 15 is 0 Å². The monoisotopic (exact) mass is 297 g/mol. The zero-order valence-corrected chi connectivity index (χ0v) is 12.2. The maximum atomic E-state index is 12.3. The van der Waals surface area contributed by atoms with Gasteiger partial charge in [-0.15, -0.1) is 0 Å². The molecule has 1 aliphatic rings. The Labute approximate surface area is 119 Å². The van der Waals surface area contributed by atoms with Gasteiger partial charge in [-0.1, -0.05) is 25.3 Å². The Kier molecular flexibility index (Phi) is 4.45. The van der Waals surface area contributed by atoms with Crippen molar-refractivity contribution in [2.24, 2.45) is 0 Å². The quantitative estimate of drug-likeness (QED) is 0.893. The molecule has 0 spiro atoms. The van der Waals surface area contributed by atoms with E-state index < -0.39 is 16.0 Å². The molecule has 110 valence electrons. The van der Waals surface area contributed by atoms with E-state index in [1.54, 1.807) is 6.92 Å². The van der Waals surface area contributed by atoms with Crippen molar-refractivity contribution in [1.29, 1.82) is 0 Å². The molecule has 5 nitrogen and oxygen atoms in total. The van der Waals surface area contributed by atoms with Gasteiger partial charge < -0.3 is 5.11 Å². The van der Waals surface area contributed by atoms with Crippen LogP contribution >= 0.6 is 0 Å². The molecule has 1 aromatic carbocycles. The number of carbonyl (C=O) groups is 1. The van der Waals surface area contributed by atoms with Crippen LogP contribution in [0.5, 0.6) is 0 Å². The van der Waals surface area contributed by atoms with Crippen molar-refractivity contribution in [2.45, 2.75) is 50.0 Å². The lowest BCUT2D eigenvalue weighted by atomic mass is 9.96. The van der Waals surface area contributed by atoms with Crippen LogP contribution in [-0.4, -0.2) is 25.5 Å². The van der Waals surface area contributed by atoms with Gasteiger partial charge in [0.1, 0.15) is 0 Å². The first kappa shape index (κ1) is 15.0. The molecule has 20 heavy (non-hydrogen) atoms. The summed E-state index contributed by atoms with van der Waals surface area (Å²) in [5, 5.41) is 9.06. The molecule has 1 aliphatic carbocycles. The Hall–Kier alpha value is -1.40. The minimum atomic E-state index is -3.65. The zero-order chi connectivity index (χ0) is 14.8. The maximum absolute atomic E-state index is 12.3. The van der Waals surface area contributed by atoms with E-state index in [1.165, 1.54) is 18.2 Å². The molecule has 0 radical (unpaired) electrons. The van der Waals surface area contributed by atoms with Crippen molar-refractivity contribution in [3.8, 4) is 0 Å². The van der Waals surface area contributed by atoms with Gasteiger partial charge in [-0.3, -0.25) is 0 Å². The summed E-state index contributed by atoms with van der Waals surface area (Å²) in [6.45, 7) is 1.65. The largest absolute Gasteiger partial charge is 0.478 e. The van der Waals surface area contributed by atoms with Gasteiger partial charge in [0.05, 0.1) is 10.5 Å². The molecule has 1 aromatic rings. The summed E-state index contributed by atoms with van der Waals surface area (Å²) in [6, 6.07) is 4.16. The number of hydrogen-bond donors (Lipinski definition) is 2. The predicted octanol–water partition coefficient (Wildman–Crippen LogP) is 2.30. The summed E-state index contributed by atoms with van der Waals surface area (Å²) >= 11 is 0. The van der Waals surface area contributed by atoms with Crippen molar-refractivity contribution >= 4 is 16.0 Å². The average Bonchev–Trinajstić information content (AvgIpc) is 2.39. The molecule has 0 aromatic heterocycles.